The molecule has 16 heteroatoms. The monoisotopic (exact) mass is 1270 g/mol. The zero-order valence-electron chi connectivity index (χ0n) is 46.5. The zero-order chi connectivity index (χ0) is 56.0. The lowest BCUT2D eigenvalue weighted by molar-refractivity contribution is -0.438. The summed E-state index contributed by atoms with van der Waals surface area (Å²) in [5.74, 6) is -2.37. The molecule has 3 heterocycles. The topological polar surface area (TPSA) is 146 Å². The quantitative estimate of drug-likeness (QED) is 0.0238. The van der Waals surface area contributed by atoms with E-state index in [1.165, 1.54) is 22.4 Å². The van der Waals surface area contributed by atoms with Crippen molar-refractivity contribution >= 4 is 91.9 Å². The fourth-order valence-corrected chi connectivity index (χ4v) is 9.60. The van der Waals surface area contributed by atoms with Crippen molar-refractivity contribution in [3.63, 3.8) is 0 Å². The molecule has 4 N–H and O–H groups in total. The fraction of sp³-hybridized carbons (Fsp3) is 0.250. The second kappa shape index (κ2) is 33.7. The van der Waals surface area contributed by atoms with Crippen LogP contribution in [0.3, 0.4) is 0 Å². The smallest absolute Gasteiger partial charge is 0.309 e. The SMILES string of the molecule is C(/C=C/C=C/Nc1ccccc1)=Nc1ccccc1.CC1(C)C(/C=C/C=C/C=C/C=C2/N(CCC(=O)O)c3ccccc3C2(C)C)=[N+](CCC(=O)O)c2ccccc21.CC1=[N+](CCC(=O)O)c2ccccc2C1(C)C.Cl.[B][B].[Br-].[I-]. The minimum Gasteiger partial charge on any atom is -1.00 e. The number of carboxylic acids is 3. The highest BCUT2D eigenvalue weighted by Gasteiger charge is 2.45. The molecule has 0 spiro atoms. The van der Waals surface area contributed by atoms with Crippen LogP contribution in [-0.2, 0) is 30.6 Å². The van der Waals surface area contributed by atoms with Crippen molar-refractivity contribution in [1.29, 1.82) is 0 Å². The van der Waals surface area contributed by atoms with Crippen molar-refractivity contribution in [2.45, 2.75) is 84.0 Å². The van der Waals surface area contributed by atoms with Gasteiger partial charge in [0, 0.05) is 93.2 Å². The molecule has 0 atom stereocenters. The largest absolute Gasteiger partial charge is 1.00 e. The molecule has 0 fully saturated rings. The van der Waals surface area contributed by atoms with Gasteiger partial charge < -0.3 is 66.5 Å². The molecular formula is C64H72B2BrClIN5O6. The summed E-state index contributed by atoms with van der Waals surface area (Å²) in [6.07, 6.45) is 23.7. The van der Waals surface area contributed by atoms with Crippen LogP contribution in [0.1, 0.15) is 84.4 Å². The standard InChI is InChI=1S/C33H36N2O4.C17H16N2.C14H17NO2.B2.BrH.ClH.HI/c1-32(2)24-14-10-12-16-26(24)34(22-20-30(36)37)28(32)18-8-6-5-7-9-19-29-33(3,4)25-15-11-13-17-27(25)35(29)23-21-31(38)39;1-4-10-16(11-5-1)18-14-8-3-9-15-19-17-12-6-2-7-13-17;1-10-14(2,3)11-6-4-5-7-12(11)15(10)9-8-13(16)17;1-2;;;/h5-19H,20-23H2,1-4H3,(H-,36,37,38,39);1-15,18H;4-7H,8-9H2,1-3H3;;3*1H/b;9-3+,14-8+,19-15?;;;;;. The molecule has 3 aliphatic rings. The molecule has 0 aromatic heterocycles. The summed E-state index contributed by atoms with van der Waals surface area (Å²) in [6, 6.07) is 44.5. The minimum absolute atomic E-state index is 0. The van der Waals surface area contributed by atoms with E-state index in [4.69, 9.17) is 5.11 Å². The Bertz CT molecular complexity index is 3130. The molecule has 416 valence electrons. The first-order valence-corrected chi connectivity index (χ1v) is 25.7. The third kappa shape index (κ3) is 18.6. The first-order chi connectivity index (χ1) is 36.9. The maximum Gasteiger partial charge on any atom is 0.309 e. The number of allylic oxidation sites excluding steroid dienone is 11. The van der Waals surface area contributed by atoms with E-state index in [2.05, 4.69) is 137 Å². The number of fused-ring (bicyclic) bond motifs is 3. The highest BCUT2D eigenvalue weighted by molar-refractivity contribution is 6.75. The van der Waals surface area contributed by atoms with Gasteiger partial charge in [-0.2, -0.15) is 9.15 Å². The van der Waals surface area contributed by atoms with E-state index in [1.807, 2.05) is 152 Å². The first kappa shape index (κ1) is 69.3. The number of rotatable bonds is 18. The van der Waals surface area contributed by atoms with E-state index in [1.54, 1.807) is 6.21 Å². The lowest BCUT2D eigenvalue weighted by atomic mass is 9.81. The number of benzene rings is 5. The van der Waals surface area contributed by atoms with E-state index >= 15 is 0 Å². The van der Waals surface area contributed by atoms with Gasteiger partial charge in [-0.05, 0) is 81.8 Å². The van der Waals surface area contributed by atoms with Crippen LogP contribution in [0.15, 0.2) is 211 Å². The zero-order valence-corrected chi connectivity index (χ0v) is 51.1. The molecule has 80 heavy (non-hydrogen) atoms. The number of halogens is 3. The molecule has 5 aromatic carbocycles. The summed E-state index contributed by atoms with van der Waals surface area (Å²) >= 11 is 0. The maximum absolute atomic E-state index is 11.3. The Labute approximate surface area is 509 Å². The van der Waals surface area contributed by atoms with Crippen molar-refractivity contribution in [2.24, 2.45) is 4.99 Å². The van der Waals surface area contributed by atoms with Gasteiger partial charge in [-0.3, -0.25) is 19.4 Å². The Balaban J connectivity index is 0.000000446. The molecule has 3 aliphatic heterocycles. The third-order valence-corrected chi connectivity index (χ3v) is 13.8. The Morgan fingerprint density at radius 3 is 1.65 bits per heavy atom. The minimum atomic E-state index is -0.810. The molecule has 0 bridgehead atoms. The lowest BCUT2D eigenvalue weighted by Crippen LogP contribution is -3.00. The highest BCUT2D eigenvalue weighted by atomic mass is 127. The number of para-hydroxylation sites is 5. The summed E-state index contributed by atoms with van der Waals surface area (Å²) < 4.78 is 4.24. The molecule has 0 unspecified atom stereocenters. The van der Waals surface area contributed by atoms with Gasteiger partial charge in [0.1, 0.15) is 12.8 Å². The Kier molecular flexibility index (Phi) is 29.2. The number of carboxylic acid groups (broad SMARTS) is 3. The van der Waals surface area contributed by atoms with E-state index < -0.39 is 17.9 Å². The van der Waals surface area contributed by atoms with Gasteiger partial charge in [0.25, 0.3) is 0 Å². The van der Waals surface area contributed by atoms with E-state index in [9.17, 15) is 24.6 Å². The Morgan fingerprint density at radius 2 is 1.05 bits per heavy atom. The number of carbonyl (C=O) groups is 3. The summed E-state index contributed by atoms with van der Waals surface area (Å²) in [5, 5.41) is 30.5. The predicted molar refractivity (Wildman–Crippen MR) is 325 cm³/mol. The number of nitrogens with one attached hydrogen (secondary N) is 1. The second-order valence-electron chi connectivity index (χ2n) is 19.8. The van der Waals surface area contributed by atoms with Crippen LogP contribution in [0.2, 0.25) is 0 Å². The van der Waals surface area contributed by atoms with E-state index in [0.717, 1.165) is 39.8 Å². The number of nitrogens with zero attached hydrogens (tertiary/aromatic N) is 4. The van der Waals surface area contributed by atoms with Crippen molar-refractivity contribution < 1.29 is 79.8 Å². The molecule has 4 radical (unpaired) electrons. The third-order valence-electron chi connectivity index (χ3n) is 13.8. The van der Waals surface area contributed by atoms with Gasteiger partial charge in [0.15, 0.2) is 24.5 Å². The van der Waals surface area contributed by atoms with Crippen LogP contribution in [-0.4, -0.2) is 95.1 Å². The molecule has 0 saturated carbocycles. The summed E-state index contributed by atoms with van der Waals surface area (Å²) in [6.45, 7) is 16.5. The van der Waals surface area contributed by atoms with Crippen LogP contribution in [0.4, 0.5) is 28.4 Å². The van der Waals surface area contributed by atoms with E-state index in [-0.39, 0.29) is 88.9 Å². The molecule has 0 saturated heterocycles. The van der Waals surface area contributed by atoms with Gasteiger partial charge in [-0.1, -0.05) is 141 Å². The Hall–Kier alpha value is -6.81. The number of anilines is 2. The average molecular weight is 1270 g/mol. The molecule has 0 aliphatic carbocycles. The van der Waals surface area contributed by atoms with Gasteiger partial charge >= 0.3 is 17.9 Å². The highest BCUT2D eigenvalue weighted by Crippen LogP contribution is 2.48. The van der Waals surface area contributed by atoms with Crippen molar-refractivity contribution in [2.75, 3.05) is 29.9 Å². The van der Waals surface area contributed by atoms with Gasteiger partial charge in [0.05, 0.1) is 22.9 Å². The normalized spacial score (nSPS) is 15.5. The number of hydrogen-bond acceptors (Lipinski definition) is 6. The number of aliphatic imine (C=N–C) groups is 1. The van der Waals surface area contributed by atoms with Crippen LogP contribution >= 0.6 is 12.4 Å². The molecule has 5 aromatic rings. The summed E-state index contributed by atoms with van der Waals surface area (Å²) in [7, 11) is 8.00. The van der Waals surface area contributed by atoms with Crippen LogP contribution in [0.5, 0.6) is 0 Å². The van der Waals surface area contributed by atoms with Crippen LogP contribution in [0.25, 0.3) is 0 Å². The second-order valence-corrected chi connectivity index (χ2v) is 19.8. The number of hydrogen-bond donors (Lipinski definition) is 4. The van der Waals surface area contributed by atoms with Crippen molar-refractivity contribution in [3.8, 4) is 0 Å². The van der Waals surface area contributed by atoms with Crippen molar-refractivity contribution in [1.82, 2.24) is 0 Å². The fourth-order valence-electron chi connectivity index (χ4n) is 9.60. The number of aliphatic carboxylic acids is 3. The molecule has 11 nitrogen and oxygen atoms in total. The van der Waals surface area contributed by atoms with Crippen molar-refractivity contribution in [3.05, 3.63) is 223 Å². The van der Waals surface area contributed by atoms with Gasteiger partial charge in [-0.15, -0.1) is 12.4 Å². The molecular weight excluding hydrogens is 1200 g/mol. The first-order valence-electron chi connectivity index (χ1n) is 25.7. The van der Waals surface area contributed by atoms with Crippen LogP contribution in [0, 0.1) is 0 Å². The molecule has 8 rings (SSSR count). The molecule has 0 amide bonds. The van der Waals surface area contributed by atoms with Crippen LogP contribution < -0.4 is 51.2 Å². The van der Waals surface area contributed by atoms with Gasteiger partial charge in [-0.25, -0.2) is 0 Å². The summed E-state index contributed by atoms with van der Waals surface area (Å²) in [4.78, 5) is 39.7. The Morgan fingerprint density at radius 1 is 0.575 bits per heavy atom. The van der Waals surface area contributed by atoms with Gasteiger partial charge in [0.2, 0.25) is 11.4 Å². The van der Waals surface area contributed by atoms with E-state index in [0.29, 0.717) is 19.6 Å². The summed E-state index contributed by atoms with van der Waals surface area (Å²) in [5.41, 5.74) is 11.9. The lowest BCUT2D eigenvalue weighted by Gasteiger charge is -2.26. The maximum atomic E-state index is 11.3. The predicted octanol–water partition coefficient (Wildman–Crippen LogP) is 7.16. The average Bonchev–Trinajstić information content (AvgIpc) is 3.87.